The Morgan fingerprint density at radius 1 is 1.07 bits per heavy atom. The number of halogens is 2. The SMILES string of the molecule is CCNC(=O)C(C)N(Cc1ccc(Cl)cc1Cl)C(=O)Cc1cc(C)ccc1C. The molecule has 6 heteroatoms. The predicted octanol–water partition coefficient (Wildman–Crippen LogP) is 4.71. The molecule has 150 valence electrons. The van der Waals surface area contributed by atoms with E-state index in [0.717, 1.165) is 22.3 Å². The van der Waals surface area contributed by atoms with E-state index < -0.39 is 6.04 Å². The minimum atomic E-state index is -0.621. The largest absolute Gasteiger partial charge is 0.355 e. The van der Waals surface area contributed by atoms with Crippen LogP contribution in [0.2, 0.25) is 10.0 Å². The van der Waals surface area contributed by atoms with Gasteiger partial charge in [-0.1, -0.05) is 53.0 Å². The number of hydrogen-bond donors (Lipinski definition) is 1. The van der Waals surface area contributed by atoms with Gasteiger partial charge >= 0.3 is 0 Å². The lowest BCUT2D eigenvalue weighted by atomic mass is 10.0. The van der Waals surface area contributed by atoms with E-state index in [0.29, 0.717) is 16.6 Å². The van der Waals surface area contributed by atoms with Gasteiger partial charge in [0.05, 0.1) is 6.42 Å². The van der Waals surface area contributed by atoms with Crippen molar-refractivity contribution >= 4 is 35.0 Å². The average Bonchev–Trinajstić information content (AvgIpc) is 2.63. The second-order valence-corrected chi connectivity index (χ2v) is 7.78. The normalized spacial score (nSPS) is 11.8. The number of likely N-dealkylation sites (N-methyl/N-ethyl adjacent to an activating group) is 1. The van der Waals surface area contributed by atoms with Crippen LogP contribution >= 0.6 is 23.2 Å². The Hall–Kier alpha value is -2.04. The summed E-state index contributed by atoms with van der Waals surface area (Å²) in [5, 5.41) is 3.79. The summed E-state index contributed by atoms with van der Waals surface area (Å²) in [6.07, 6.45) is 0.225. The van der Waals surface area contributed by atoms with Gasteiger partial charge in [0.2, 0.25) is 11.8 Å². The summed E-state index contributed by atoms with van der Waals surface area (Å²) in [4.78, 5) is 27.2. The minimum Gasteiger partial charge on any atom is -0.355 e. The fraction of sp³-hybridized carbons (Fsp3) is 0.364. The molecule has 0 radical (unpaired) electrons. The molecular formula is C22H26Cl2N2O2. The molecule has 0 saturated carbocycles. The topological polar surface area (TPSA) is 49.4 Å². The highest BCUT2D eigenvalue weighted by atomic mass is 35.5. The average molecular weight is 421 g/mol. The van der Waals surface area contributed by atoms with E-state index in [1.54, 1.807) is 30.0 Å². The van der Waals surface area contributed by atoms with Gasteiger partial charge in [-0.2, -0.15) is 0 Å². The van der Waals surface area contributed by atoms with Gasteiger partial charge in [0.15, 0.2) is 0 Å². The number of nitrogens with zero attached hydrogens (tertiary/aromatic N) is 1. The monoisotopic (exact) mass is 420 g/mol. The molecule has 0 heterocycles. The molecule has 0 spiro atoms. The predicted molar refractivity (Wildman–Crippen MR) is 115 cm³/mol. The molecule has 1 unspecified atom stereocenters. The van der Waals surface area contributed by atoms with Crippen molar-refractivity contribution in [3.8, 4) is 0 Å². The van der Waals surface area contributed by atoms with Gasteiger partial charge in [0.1, 0.15) is 6.04 Å². The maximum absolute atomic E-state index is 13.2. The molecule has 2 aromatic carbocycles. The van der Waals surface area contributed by atoms with E-state index in [1.807, 2.05) is 39.0 Å². The lowest BCUT2D eigenvalue weighted by molar-refractivity contribution is -0.140. The molecule has 0 fully saturated rings. The summed E-state index contributed by atoms with van der Waals surface area (Å²) in [5.41, 5.74) is 3.85. The smallest absolute Gasteiger partial charge is 0.242 e. The Morgan fingerprint density at radius 3 is 2.43 bits per heavy atom. The van der Waals surface area contributed by atoms with Gasteiger partial charge in [-0.25, -0.2) is 0 Å². The molecule has 0 saturated heterocycles. The number of nitrogens with one attached hydrogen (secondary N) is 1. The van der Waals surface area contributed by atoms with Crippen LogP contribution in [0.25, 0.3) is 0 Å². The number of amides is 2. The van der Waals surface area contributed by atoms with Crippen molar-refractivity contribution in [3.05, 3.63) is 68.7 Å². The maximum atomic E-state index is 13.2. The van der Waals surface area contributed by atoms with Crippen molar-refractivity contribution in [1.82, 2.24) is 10.2 Å². The number of rotatable bonds is 7. The van der Waals surface area contributed by atoms with Gasteiger partial charge < -0.3 is 10.2 Å². The lowest BCUT2D eigenvalue weighted by Gasteiger charge is -2.29. The standard InChI is InChI=1S/C22H26Cl2N2O2/c1-5-25-22(28)16(4)26(13-17-8-9-19(23)12-20(17)24)21(27)11-18-10-14(2)6-7-15(18)3/h6-10,12,16H,5,11,13H2,1-4H3,(H,25,28). The highest BCUT2D eigenvalue weighted by molar-refractivity contribution is 6.35. The molecule has 28 heavy (non-hydrogen) atoms. The molecular weight excluding hydrogens is 395 g/mol. The molecule has 0 aliphatic heterocycles. The highest BCUT2D eigenvalue weighted by Crippen LogP contribution is 2.24. The van der Waals surface area contributed by atoms with Crippen LogP contribution < -0.4 is 5.32 Å². The van der Waals surface area contributed by atoms with Crippen LogP contribution in [0.15, 0.2) is 36.4 Å². The second-order valence-electron chi connectivity index (χ2n) is 6.93. The first-order valence-electron chi connectivity index (χ1n) is 9.30. The Bertz CT molecular complexity index is 868. The Morgan fingerprint density at radius 2 is 1.79 bits per heavy atom. The molecule has 2 aromatic rings. The van der Waals surface area contributed by atoms with E-state index in [1.165, 1.54) is 0 Å². The van der Waals surface area contributed by atoms with Crippen molar-refractivity contribution in [2.45, 2.75) is 46.7 Å². The van der Waals surface area contributed by atoms with Crippen LogP contribution in [-0.4, -0.2) is 29.3 Å². The molecule has 1 atom stereocenters. The first-order valence-corrected chi connectivity index (χ1v) is 10.1. The fourth-order valence-electron chi connectivity index (χ4n) is 2.99. The molecule has 2 amide bonds. The summed E-state index contributed by atoms with van der Waals surface area (Å²) >= 11 is 12.3. The zero-order valence-corrected chi connectivity index (χ0v) is 18.2. The summed E-state index contributed by atoms with van der Waals surface area (Å²) in [6, 6.07) is 10.6. The first kappa shape index (κ1) is 22.3. The molecule has 2 rings (SSSR count). The zero-order chi connectivity index (χ0) is 20.8. The molecule has 0 aliphatic carbocycles. The van der Waals surface area contributed by atoms with Crippen LogP contribution in [0.4, 0.5) is 0 Å². The van der Waals surface area contributed by atoms with Crippen LogP contribution in [0, 0.1) is 13.8 Å². The fourth-order valence-corrected chi connectivity index (χ4v) is 3.46. The maximum Gasteiger partial charge on any atom is 0.242 e. The Labute approximate surface area is 176 Å². The zero-order valence-electron chi connectivity index (χ0n) is 16.7. The third kappa shape index (κ3) is 5.73. The molecule has 0 aliphatic rings. The van der Waals surface area contributed by atoms with Gasteiger partial charge in [0.25, 0.3) is 0 Å². The van der Waals surface area contributed by atoms with Crippen LogP contribution in [-0.2, 0) is 22.6 Å². The number of benzene rings is 2. The van der Waals surface area contributed by atoms with Crippen molar-refractivity contribution in [2.75, 3.05) is 6.54 Å². The molecule has 4 nitrogen and oxygen atoms in total. The highest BCUT2D eigenvalue weighted by Gasteiger charge is 2.26. The van der Waals surface area contributed by atoms with Crippen LogP contribution in [0.3, 0.4) is 0 Å². The lowest BCUT2D eigenvalue weighted by Crippen LogP contribution is -2.48. The third-order valence-electron chi connectivity index (χ3n) is 4.72. The molecule has 0 bridgehead atoms. The first-order chi connectivity index (χ1) is 13.2. The summed E-state index contributed by atoms with van der Waals surface area (Å²) in [7, 11) is 0. The van der Waals surface area contributed by atoms with E-state index >= 15 is 0 Å². The van der Waals surface area contributed by atoms with Gasteiger partial charge in [-0.05, 0) is 56.5 Å². The van der Waals surface area contributed by atoms with Crippen LogP contribution in [0.1, 0.15) is 36.1 Å². The number of carbonyl (C=O) groups is 2. The minimum absolute atomic E-state index is 0.126. The Kier molecular flexibility index (Phi) is 7.90. The van der Waals surface area contributed by atoms with Crippen molar-refractivity contribution in [1.29, 1.82) is 0 Å². The van der Waals surface area contributed by atoms with E-state index in [-0.39, 0.29) is 24.8 Å². The molecule has 1 N–H and O–H groups in total. The third-order valence-corrected chi connectivity index (χ3v) is 5.31. The summed E-state index contributed by atoms with van der Waals surface area (Å²) in [5.74, 6) is -0.319. The van der Waals surface area contributed by atoms with E-state index in [4.69, 9.17) is 23.2 Å². The number of carbonyl (C=O) groups excluding carboxylic acids is 2. The number of hydrogen-bond acceptors (Lipinski definition) is 2. The number of aryl methyl sites for hydroxylation is 2. The van der Waals surface area contributed by atoms with Crippen molar-refractivity contribution in [2.24, 2.45) is 0 Å². The van der Waals surface area contributed by atoms with E-state index in [2.05, 4.69) is 5.32 Å². The summed E-state index contributed by atoms with van der Waals surface area (Å²) in [6.45, 7) is 8.30. The quantitative estimate of drug-likeness (QED) is 0.704. The van der Waals surface area contributed by atoms with Crippen molar-refractivity contribution < 1.29 is 9.59 Å². The van der Waals surface area contributed by atoms with Gasteiger partial charge in [0, 0.05) is 23.1 Å². The van der Waals surface area contributed by atoms with Gasteiger partial charge in [-0.3, -0.25) is 9.59 Å². The Balaban J connectivity index is 2.32. The van der Waals surface area contributed by atoms with Gasteiger partial charge in [-0.15, -0.1) is 0 Å². The molecule has 0 aromatic heterocycles. The van der Waals surface area contributed by atoms with E-state index in [9.17, 15) is 9.59 Å². The van der Waals surface area contributed by atoms with Crippen molar-refractivity contribution in [3.63, 3.8) is 0 Å². The second kappa shape index (κ2) is 9.94. The summed E-state index contributed by atoms with van der Waals surface area (Å²) < 4.78 is 0. The van der Waals surface area contributed by atoms with Crippen LogP contribution in [0.5, 0.6) is 0 Å².